The molecule has 0 unspecified atom stereocenters. The molecule has 0 aliphatic heterocycles. The van der Waals surface area contributed by atoms with E-state index in [9.17, 15) is 4.79 Å². The van der Waals surface area contributed by atoms with Crippen molar-refractivity contribution in [3.63, 3.8) is 0 Å². The molecule has 0 aliphatic rings. The average molecular weight is 277 g/mol. The summed E-state index contributed by atoms with van der Waals surface area (Å²) in [7, 11) is 1.81. The van der Waals surface area contributed by atoms with Gasteiger partial charge in [-0.25, -0.2) is 4.98 Å². The fourth-order valence-corrected chi connectivity index (χ4v) is 3.30. The summed E-state index contributed by atoms with van der Waals surface area (Å²) in [4.78, 5) is 19.9. The van der Waals surface area contributed by atoms with Crippen molar-refractivity contribution in [1.29, 1.82) is 0 Å². The van der Waals surface area contributed by atoms with E-state index in [0.717, 1.165) is 22.3 Å². The van der Waals surface area contributed by atoms with Gasteiger partial charge in [0.15, 0.2) is 0 Å². The molecule has 102 valence electrons. The first kappa shape index (κ1) is 13.8. The van der Waals surface area contributed by atoms with Crippen LogP contribution in [0.2, 0.25) is 0 Å². The molecule has 2 rings (SSSR count). The fourth-order valence-electron chi connectivity index (χ4n) is 2.17. The molecule has 0 atom stereocenters. The van der Waals surface area contributed by atoms with E-state index in [1.165, 1.54) is 11.3 Å². The summed E-state index contributed by atoms with van der Waals surface area (Å²) in [6, 6.07) is 1.91. The number of nitrogen functional groups attached to an aromatic ring is 1. The molecule has 0 spiro atoms. The molecular weight excluding hydrogens is 258 g/mol. The van der Waals surface area contributed by atoms with Gasteiger partial charge < -0.3 is 10.6 Å². The normalized spacial score (nSPS) is 11.2. The number of amides is 1. The molecule has 2 heterocycles. The third-order valence-electron chi connectivity index (χ3n) is 3.02. The van der Waals surface area contributed by atoms with Crippen LogP contribution in [0.1, 0.15) is 29.1 Å². The van der Waals surface area contributed by atoms with E-state index in [-0.39, 0.29) is 5.91 Å². The molecule has 0 aromatic carbocycles. The van der Waals surface area contributed by atoms with Crippen molar-refractivity contribution in [2.45, 2.75) is 20.8 Å². The Morgan fingerprint density at radius 2 is 2.21 bits per heavy atom. The molecule has 0 bridgehead atoms. The molecule has 4 nitrogen and oxygen atoms in total. The van der Waals surface area contributed by atoms with Crippen molar-refractivity contribution in [3.05, 3.63) is 22.7 Å². The molecular formula is C14H19N3OS. The van der Waals surface area contributed by atoms with Gasteiger partial charge >= 0.3 is 0 Å². The Labute approximate surface area is 117 Å². The number of carbonyl (C=O) groups excluding carboxylic acids is 1. The molecule has 19 heavy (non-hydrogen) atoms. The quantitative estimate of drug-likeness (QED) is 0.938. The van der Waals surface area contributed by atoms with Crippen LogP contribution in [-0.2, 0) is 0 Å². The van der Waals surface area contributed by atoms with Crippen molar-refractivity contribution in [2.24, 2.45) is 5.92 Å². The topological polar surface area (TPSA) is 59.2 Å². The minimum absolute atomic E-state index is 0.0198. The summed E-state index contributed by atoms with van der Waals surface area (Å²) in [6.45, 7) is 6.88. The maximum Gasteiger partial charge on any atom is 0.265 e. The molecule has 2 aromatic heterocycles. The molecule has 2 aromatic rings. The van der Waals surface area contributed by atoms with E-state index in [1.54, 1.807) is 11.1 Å². The summed E-state index contributed by atoms with van der Waals surface area (Å²) in [5.41, 5.74) is 7.75. The second kappa shape index (κ2) is 5.17. The smallest absolute Gasteiger partial charge is 0.265 e. The van der Waals surface area contributed by atoms with Gasteiger partial charge in [0.2, 0.25) is 0 Å². The highest BCUT2D eigenvalue weighted by Gasteiger charge is 2.21. The molecule has 5 heteroatoms. The highest BCUT2D eigenvalue weighted by Crippen LogP contribution is 2.34. The van der Waals surface area contributed by atoms with E-state index in [1.807, 2.05) is 20.0 Å². The predicted molar refractivity (Wildman–Crippen MR) is 80.6 cm³/mol. The number of aryl methyl sites for hydroxylation is 1. The van der Waals surface area contributed by atoms with Crippen LogP contribution < -0.4 is 5.73 Å². The lowest BCUT2D eigenvalue weighted by Crippen LogP contribution is -2.30. The Bertz CT molecular complexity index is 618. The monoisotopic (exact) mass is 277 g/mol. The van der Waals surface area contributed by atoms with Crippen molar-refractivity contribution < 1.29 is 4.79 Å². The lowest BCUT2D eigenvalue weighted by Gasteiger charge is -2.18. The highest BCUT2D eigenvalue weighted by molar-refractivity contribution is 7.21. The van der Waals surface area contributed by atoms with Gasteiger partial charge in [-0.1, -0.05) is 13.8 Å². The van der Waals surface area contributed by atoms with Gasteiger partial charge in [0, 0.05) is 25.2 Å². The van der Waals surface area contributed by atoms with Crippen LogP contribution >= 0.6 is 11.3 Å². The number of fused-ring (bicyclic) bond motifs is 1. The Morgan fingerprint density at radius 1 is 1.53 bits per heavy atom. The van der Waals surface area contributed by atoms with Crippen LogP contribution in [0, 0.1) is 12.8 Å². The zero-order valence-electron chi connectivity index (χ0n) is 11.7. The predicted octanol–water partition coefficient (Wildman–Crippen LogP) is 2.91. The van der Waals surface area contributed by atoms with Gasteiger partial charge in [-0.05, 0) is 24.5 Å². The summed E-state index contributed by atoms with van der Waals surface area (Å²) in [5, 5.41) is 0.911. The molecule has 0 aliphatic carbocycles. The van der Waals surface area contributed by atoms with E-state index >= 15 is 0 Å². The van der Waals surface area contributed by atoms with Crippen LogP contribution in [0.5, 0.6) is 0 Å². The van der Waals surface area contributed by atoms with Crippen LogP contribution in [0.15, 0.2) is 12.3 Å². The fraction of sp³-hybridized carbons (Fsp3) is 0.429. The van der Waals surface area contributed by atoms with Crippen molar-refractivity contribution in [1.82, 2.24) is 9.88 Å². The molecule has 1 amide bonds. The number of anilines is 1. The lowest BCUT2D eigenvalue weighted by molar-refractivity contribution is 0.0785. The van der Waals surface area contributed by atoms with E-state index in [4.69, 9.17) is 5.73 Å². The average Bonchev–Trinajstić information content (AvgIpc) is 2.66. The maximum atomic E-state index is 12.4. The largest absolute Gasteiger partial charge is 0.397 e. The number of pyridine rings is 1. The summed E-state index contributed by atoms with van der Waals surface area (Å²) in [5.74, 6) is 0.415. The van der Waals surface area contributed by atoms with Crippen LogP contribution in [0.25, 0.3) is 10.2 Å². The summed E-state index contributed by atoms with van der Waals surface area (Å²) >= 11 is 1.37. The van der Waals surface area contributed by atoms with Gasteiger partial charge in [-0.15, -0.1) is 11.3 Å². The molecule has 0 radical (unpaired) electrons. The van der Waals surface area contributed by atoms with Crippen LogP contribution in [0.4, 0.5) is 5.69 Å². The first-order chi connectivity index (χ1) is 8.91. The number of carbonyl (C=O) groups is 1. The van der Waals surface area contributed by atoms with Crippen molar-refractivity contribution in [2.75, 3.05) is 19.3 Å². The number of hydrogen-bond donors (Lipinski definition) is 1. The van der Waals surface area contributed by atoms with Gasteiger partial charge in [-0.3, -0.25) is 4.79 Å². The molecule has 0 saturated carbocycles. The molecule has 2 N–H and O–H groups in total. The van der Waals surface area contributed by atoms with E-state index in [2.05, 4.69) is 18.8 Å². The first-order valence-corrected chi connectivity index (χ1v) is 7.12. The standard InChI is InChI=1S/C14H19N3OS/c1-8(2)7-17(4)14(18)12-11(15)10-9(3)5-6-16-13(10)19-12/h5-6,8H,7,15H2,1-4H3. The minimum Gasteiger partial charge on any atom is -0.397 e. The van der Waals surface area contributed by atoms with E-state index in [0.29, 0.717) is 16.5 Å². The van der Waals surface area contributed by atoms with E-state index < -0.39 is 0 Å². The van der Waals surface area contributed by atoms with Crippen LogP contribution in [-0.4, -0.2) is 29.4 Å². The SMILES string of the molecule is Cc1ccnc2sc(C(=O)N(C)CC(C)C)c(N)c12. The van der Waals surface area contributed by atoms with Crippen LogP contribution in [0.3, 0.4) is 0 Å². The van der Waals surface area contributed by atoms with Gasteiger partial charge in [0.1, 0.15) is 9.71 Å². The summed E-state index contributed by atoms with van der Waals surface area (Å²) in [6.07, 6.45) is 1.75. The molecule has 0 fully saturated rings. The number of aromatic nitrogens is 1. The maximum absolute atomic E-state index is 12.4. The van der Waals surface area contributed by atoms with Crippen molar-refractivity contribution >= 4 is 33.1 Å². The highest BCUT2D eigenvalue weighted by atomic mass is 32.1. The van der Waals surface area contributed by atoms with Gasteiger partial charge in [0.05, 0.1) is 5.69 Å². The number of nitrogens with two attached hydrogens (primary N) is 1. The van der Waals surface area contributed by atoms with Crippen molar-refractivity contribution in [3.8, 4) is 0 Å². The number of thiophene rings is 1. The van der Waals surface area contributed by atoms with Gasteiger partial charge in [-0.2, -0.15) is 0 Å². The Balaban J connectivity index is 2.43. The minimum atomic E-state index is -0.0198. The second-order valence-corrected chi connectivity index (χ2v) is 6.23. The third-order valence-corrected chi connectivity index (χ3v) is 4.12. The number of hydrogen-bond acceptors (Lipinski definition) is 4. The molecule has 0 saturated heterocycles. The zero-order chi connectivity index (χ0) is 14.2. The number of rotatable bonds is 3. The first-order valence-electron chi connectivity index (χ1n) is 6.30. The van der Waals surface area contributed by atoms with Gasteiger partial charge in [0.25, 0.3) is 5.91 Å². The second-order valence-electron chi connectivity index (χ2n) is 5.23. The lowest BCUT2D eigenvalue weighted by atomic mass is 10.1. The number of nitrogens with zero attached hydrogens (tertiary/aromatic N) is 2. The zero-order valence-corrected chi connectivity index (χ0v) is 12.5. The Hall–Kier alpha value is -1.62. The summed E-state index contributed by atoms with van der Waals surface area (Å²) < 4.78 is 0. The Morgan fingerprint density at radius 3 is 2.79 bits per heavy atom. The Kier molecular flexibility index (Phi) is 3.75. The third kappa shape index (κ3) is 2.56.